The molecule has 0 amide bonds. The van der Waals surface area contributed by atoms with Crippen LogP contribution in [0.2, 0.25) is 0 Å². The van der Waals surface area contributed by atoms with Crippen LogP contribution >= 0.6 is 103 Å². The van der Waals surface area contributed by atoms with Crippen molar-refractivity contribution in [3.05, 3.63) is 156 Å². The van der Waals surface area contributed by atoms with E-state index < -0.39 is 11.4 Å². The van der Waals surface area contributed by atoms with E-state index in [1.54, 1.807) is 60.7 Å². The van der Waals surface area contributed by atoms with Gasteiger partial charge in [-0.15, -0.1) is 30.6 Å². The Morgan fingerprint density at radius 1 is 0.589 bits per heavy atom. The molecule has 0 radical (unpaired) electrons. The van der Waals surface area contributed by atoms with Gasteiger partial charge >= 0.3 is 61.9 Å². The number of carbonyl (C=O) groups is 3. The number of benzene rings is 6. The fraction of sp³-hybridized carbons (Fsp3) is 0.226. The second kappa shape index (κ2) is 44.0. The number of aryl methyl sites for hydroxylation is 2. The van der Waals surface area contributed by atoms with E-state index in [1.165, 1.54) is 35.9 Å². The minimum absolute atomic E-state index is 0. The van der Waals surface area contributed by atoms with E-state index in [0.29, 0.717) is 70.6 Å². The second-order valence-corrected chi connectivity index (χ2v) is 38.1. The molecule has 0 atom stereocenters. The summed E-state index contributed by atoms with van der Waals surface area (Å²) < 4.78 is 0. The molecule has 6 rings (SSSR count). The van der Waals surface area contributed by atoms with Gasteiger partial charge in [0.2, 0.25) is 5.24 Å². The first kappa shape index (κ1) is 76.3. The average Bonchev–Trinajstić information content (AvgIpc) is 3.31. The van der Waals surface area contributed by atoms with Crippen LogP contribution < -0.4 is 13.3 Å². The number of allylic oxidation sites excluding steroid dienone is 1. The SMILES string of the molecule is C=CCC(=O)c1ccc(O)c(-c2cc(C(=O)CCC)ccc2O)c1.CCCC(=O)Cl.CCCCc1ccc(O)c(-c2cc(C)ccc2O)c1.I.I[I-]I.Oc1ccccc1-c1ccccc1O.[Cl][Al]([Cl])[Cl].[HH].[Hg].[Zn]. The summed E-state index contributed by atoms with van der Waals surface area (Å²) in [4.78, 5) is 33.9. The molecule has 73 heavy (non-hydrogen) atoms. The molecule has 6 aromatic carbocycles. The molecule has 6 aromatic rings. The van der Waals surface area contributed by atoms with Crippen LogP contribution in [0.3, 0.4) is 0 Å². The zero-order chi connectivity index (χ0) is 52.8. The van der Waals surface area contributed by atoms with Crippen molar-refractivity contribution in [2.45, 2.75) is 79.1 Å². The summed E-state index contributed by atoms with van der Waals surface area (Å²) in [6.07, 6.45) is 7.46. The smallest absolute Gasteiger partial charge is 0.507 e. The van der Waals surface area contributed by atoms with E-state index in [0.717, 1.165) is 37.7 Å². The Hall–Kier alpha value is -0.959. The Kier molecular flexibility index (Phi) is 45.9. The van der Waals surface area contributed by atoms with Gasteiger partial charge in [-0.2, -0.15) is 0 Å². The normalized spacial score (nSPS) is 9.45. The summed E-state index contributed by atoms with van der Waals surface area (Å²) in [6, 6.07) is 33.9. The number of halogens is 8. The van der Waals surface area contributed by atoms with Crippen LogP contribution in [0.4, 0.5) is 0 Å². The van der Waals surface area contributed by atoms with Crippen LogP contribution in [-0.4, -0.2) is 58.8 Å². The molecule has 390 valence electrons. The Labute approximate surface area is 533 Å². The van der Waals surface area contributed by atoms with Crippen molar-refractivity contribution in [2.75, 3.05) is 0 Å². The molecule has 0 aliphatic heterocycles. The third-order valence-corrected chi connectivity index (χ3v) is 9.79. The fourth-order valence-electron chi connectivity index (χ4n) is 6.27. The number of para-hydroxylation sites is 2. The van der Waals surface area contributed by atoms with Gasteiger partial charge in [0.05, 0.1) is 0 Å². The molecule has 20 heteroatoms. The third-order valence-electron chi connectivity index (χ3n) is 9.60. The first-order valence-corrected chi connectivity index (χ1v) is 40.0. The monoisotopic (exact) mass is 1780 g/mol. The van der Waals surface area contributed by atoms with Crippen LogP contribution in [0.25, 0.3) is 33.4 Å². The molecule has 0 fully saturated rings. The number of hydrogen-bond acceptors (Lipinski definition) is 9. The summed E-state index contributed by atoms with van der Waals surface area (Å²) in [6.45, 7) is 11.5. The van der Waals surface area contributed by atoms with Gasteiger partial charge in [-0.3, -0.25) is 14.4 Å². The van der Waals surface area contributed by atoms with Crippen molar-refractivity contribution in [1.29, 1.82) is 0 Å². The summed E-state index contributed by atoms with van der Waals surface area (Å²) in [5, 5.41) is 59.2. The summed E-state index contributed by atoms with van der Waals surface area (Å²) in [5.74, 6) is 0.464. The second-order valence-electron chi connectivity index (χ2n) is 15.0. The van der Waals surface area contributed by atoms with Crippen LogP contribution in [0.1, 0.15) is 99.0 Å². The van der Waals surface area contributed by atoms with Crippen LogP contribution in [0.15, 0.2) is 134 Å². The standard InChI is InChI=1S/C20H20O4.C17H20O2.C12H10O2.C4H7ClO.Al.3ClH.Hg.I3.HI.Zn.H2/c1-3-5-17(21)13-7-9-19(23)15(11-13)16-12-14(8-10-20(16)24)18(22)6-4-2;1-3-4-5-13-7-9-17(19)15(11-13)14-10-12(2)6-8-16(14)18;13-11-7-3-1-5-9(11)10-6-2-4-8-12(10)14;1-2-3-4(5)6;;;;;;1-3-2;;;/h3,7-12,23-24H,1,4-6H2,2H3;6-11,18-19H,3-5H2,1-2H3;1-8,13-14H;2-3H2,1H3;;3*1H;;;1H;;1H/q;;;;+3;;;;;-1;;;/p-3. The maximum atomic E-state index is 12.1. The molecular weight excluding hydrogens is 1720 g/mol. The number of aromatic hydroxyl groups is 6. The van der Waals surface area contributed by atoms with Crippen molar-refractivity contribution < 1.29 is 107 Å². The van der Waals surface area contributed by atoms with Gasteiger partial charge in [-0.1, -0.05) is 87.4 Å². The number of rotatable bonds is 14. The van der Waals surface area contributed by atoms with Gasteiger partial charge in [-0.05, 0) is 123 Å². The molecule has 0 aliphatic rings. The maximum Gasteiger partial charge on any atom is 0.643 e. The van der Waals surface area contributed by atoms with E-state index in [-0.39, 0.29) is 130 Å². The Morgan fingerprint density at radius 2 is 0.959 bits per heavy atom. The Morgan fingerprint density at radius 3 is 1.34 bits per heavy atom. The minimum atomic E-state index is -1.72. The van der Waals surface area contributed by atoms with E-state index in [2.05, 4.69) is 50.7 Å². The van der Waals surface area contributed by atoms with Gasteiger partial charge in [-0.25, -0.2) is 30.1 Å². The Balaban J connectivity index is -0.000000440. The van der Waals surface area contributed by atoms with Gasteiger partial charge in [0, 0.05) is 112 Å². The van der Waals surface area contributed by atoms with Crippen molar-refractivity contribution in [3.8, 4) is 67.9 Å². The predicted octanol–water partition coefficient (Wildman–Crippen LogP) is 14.6. The quantitative estimate of drug-likeness (QED) is 0.0204. The number of phenols is 6. The van der Waals surface area contributed by atoms with E-state index in [9.17, 15) is 45.0 Å². The molecule has 0 unspecified atom stereocenters. The third kappa shape index (κ3) is 30.1. The molecule has 0 saturated heterocycles. The topological polar surface area (TPSA) is 173 Å². The molecule has 0 spiro atoms. The molecule has 6 N–H and O–H groups in total. The van der Waals surface area contributed by atoms with Crippen LogP contribution in [-0.2, 0) is 58.4 Å². The van der Waals surface area contributed by atoms with Crippen molar-refractivity contribution in [1.82, 2.24) is 0 Å². The van der Waals surface area contributed by atoms with Gasteiger partial charge in [0.1, 0.15) is 34.5 Å². The maximum absolute atomic E-state index is 12.1. The summed E-state index contributed by atoms with van der Waals surface area (Å²) >= 11 is 8.52. The Bertz CT molecular complexity index is 2560. The van der Waals surface area contributed by atoms with Crippen LogP contribution in [0, 0.1) is 6.92 Å². The summed E-state index contributed by atoms with van der Waals surface area (Å²) in [5.41, 5.74) is 6.44. The largest absolute Gasteiger partial charge is 0.643 e. The number of unbranched alkanes of at least 4 members (excludes halogenated alkanes) is 1. The zero-order valence-corrected chi connectivity index (χ0v) is 62.4. The first-order valence-electron chi connectivity index (χ1n) is 21.8. The van der Waals surface area contributed by atoms with Crippen molar-refractivity contribution in [3.63, 3.8) is 0 Å². The van der Waals surface area contributed by atoms with E-state index in [4.69, 9.17) is 41.7 Å². The number of Topliss-reactive ketones (excluding diaryl/α,β-unsaturated/α-hetero) is 2. The molecular formula is C53H60AlCl4HgI4O9Zn-. The molecule has 0 aliphatic carbocycles. The number of carbonyl (C=O) groups excluding carboxylic acids is 3. The van der Waals surface area contributed by atoms with Crippen molar-refractivity contribution in [2.24, 2.45) is 0 Å². The predicted molar refractivity (Wildman–Crippen MR) is 322 cm³/mol. The van der Waals surface area contributed by atoms with Gasteiger partial charge in [0.15, 0.2) is 11.6 Å². The van der Waals surface area contributed by atoms with E-state index in [1.807, 2.05) is 57.2 Å². The molecule has 0 aromatic heterocycles. The zero-order valence-electron chi connectivity index (χ0n) is 40.9. The molecule has 0 bridgehead atoms. The van der Waals surface area contributed by atoms with E-state index >= 15 is 0 Å². The first-order chi connectivity index (χ1) is 33.3. The van der Waals surface area contributed by atoms with Crippen molar-refractivity contribution >= 4 is 131 Å². The van der Waals surface area contributed by atoms with Gasteiger partial charge < -0.3 is 30.6 Å². The van der Waals surface area contributed by atoms with Gasteiger partial charge in [0.25, 0.3) is 0 Å². The number of ketones is 2. The van der Waals surface area contributed by atoms with Crippen LogP contribution in [0.5, 0.6) is 34.5 Å². The average molecular weight is 1780 g/mol. The fourth-order valence-corrected chi connectivity index (χ4v) is 6.46. The molecule has 0 heterocycles. The minimum Gasteiger partial charge on any atom is -0.507 e. The molecule has 0 saturated carbocycles. The summed E-state index contributed by atoms with van der Waals surface area (Å²) in [7, 11) is 14.8. The molecule has 9 nitrogen and oxygen atoms in total. The number of phenolic OH excluding ortho intramolecular Hbond substituents is 6. The number of hydrogen-bond donors (Lipinski definition) is 6.